The fourth-order valence-electron chi connectivity index (χ4n) is 2.60. The third-order valence-corrected chi connectivity index (χ3v) is 3.60. The Balaban J connectivity index is 1.66. The predicted molar refractivity (Wildman–Crippen MR) is 76.3 cm³/mol. The smallest absolute Gasteiger partial charge is 0.0991 e. The zero-order valence-electron chi connectivity index (χ0n) is 11.3. The van der Waals surface area contributed by atoms with E-state index in [0.717, 1.165) is 31.9 Å². The van der Waals surface area contributed by atoms with Crippen molar-refractivity contribution in [3.8, 4) is 5.69 Å². The van der Waals surface area contributed by atoms with E-state index in [1.165, 1.54) is 5.56 Å². The number of piperazine rings is 1. The standard InChI is InChI=1S/C15H20N4/c1-13-10-18(8-7-17-13)11-14-2-4-15(5-3-14)19-9-6-16-12-19/h2-6,9,12-13,17H,7-8,10-11H2,1H3/t13-/m0/s1. The fourth-order valence-corrected chi connectivity index (χ4v) is 2.60. The molecule has 0 bridgehead atoms. The van der Waals surface area contributed by atoms with Crippen molar-refractivity contribution in [3.05, 3.63) is 48.5 Å². The maximum absolute atomic E-state index is 4.07. The van der Waals surface area contributed by atoms with Crippen molar-refractivity contribution in [2.45, 2.75) is 19.5 Å². The van der Waals surface area contributed by atoms with E-state index in [4.69, 9.17) is 0 Å². The summed E-state index contributed by atoms with van der Waals surface area (Å²) in [7, 11) is 0. The summed E-state index contributed by atoms with van der Waals surface area (Å²) in [6, 6.07) is 9.33. The van der Waals surface area contributed by atoms with Crippen LogP contribution in [0.1, 0.15) is 12.5 Å². The first kappa shape index (κ1) is 12.4. The number of hydrogen-bond acceptors (Lipinski definition) is 3. The molecule has 1 aromatic carbocycles. The van der Waals surface area contributed by atoms with Crippen molar-refractivity contribution in [1.82, 2.24) is 19.8 Å². The number of imidazole rings is 1. The fraction of sp³-hybridized carbons (Fsp3) is 0.400. The van der Waals surface area contributed by atoms with Crippen molar-refractivity contribution >= 4 is 0 Å². The second-order valence-electron chi connectivity index (χ2n) is 5.23. The topological polar surface area (TPSA) is 33.1 Å². The van der Waals surface area contributed by atoms with Crippen LogP contribution < -0.4 is 5.32 Å². The zero-order valence-corrected chi connectivity index (χ0v) is 11.3. The summed E-state index contributed by atoms with van der Waals surface area (Å²) in [5, 5.41) is 3.47. The van der Waals surface area contributed by atoms with Crippen LogP contribution in [0.15, 0.2) is 43.0 Å². The molecule has 0 aliphatic carbocycles. The van der Waals surface area contributed by atoms with E-state index in [2.05, 4.69) is 46.4 Å². The molecule has 2 aromatic rings. The summed E-state index contributed by atoms with van der Waals surface area (Å²) in [5.74, 6) is 0. The van der Waals surface area contributed by atoms with Crippen LogP contribution in [-0.2, 0) is 6.54 Å². The van der Waals surface area contributed by atoms with Gasteiger partial charge in [0.2, 0.25) is 0 Å². The lowest BCUT2D eigenvalue weighted by molar-refractivity contribution is 0.199. The van der Waals surface area contributed by atoms with Gasteiger partial charge in [0, 0.05) is 50.3 Å². The highest BCUT2D eigenvalue weighted by atomic mass is 15.2. The summed E-state index contributed by atoms with van der Waals surface area (Å²) in [5.41, 5.74) is 2.54. The van der Waals surface area contributed by atoms with Crippen molar-refractivity contribution in [3.63, 3.8) is 0 Å². The Hall–Kier alpha value is -1.65. The highest BCUT2D eigenvalue weighted by molar-refractivity contribution is 5.34. The van der Waals surface area contributed by atoms with Gasteiger partial charge in [0.05, 0.1) is 6.33 Å². The van der Waals surface area contributed by atoms with Crippen molar-refractivity contribution < 1.29 is 0 Å². The molecule has 0 unspecified atom stereocenters. The highest BCUT2D eigenvalue weighted by Crippen LogP contribution is 2.12. The first-order chi connectivity index (χ1) is 9.31. The molecule has 0 radical (unpaired) electrons. The van der Waals surface area contributed by atoms with Crippen molar-refractivity contribution in [2.24, 2.45) is 0 Å². The quantitative estimate of drug-likeness (QED) is 0.907. The first-order valence-corrected chi connectivity index (χ1v) is 6.84. The summed E-state index contributed by atoms with van der Waals surface area (Å²) in [6.07, 6.45) is 5.59. The Bertz CT molecular complexity index is 503. The van der Waals surface area contributed by atoms with Crippen LogP contribution in [0.5, 0.6) is 0 Å². The monoisotopic (exact) mass is 256 g/mol. The maximum Gasteiger partial charge on any atom is 0.0991 e. The van der Waals surface area contributed by atoms with Gasteiger partial charge in [-0.25, -0.2) is 4.98 Å². The van der Waals surface area contributed by atoms with Gasteiger partial charge in [-0.15, -0.1) is 0 Å². The number of rotatable bonds is 3. The summed E-state index contributed by atoms with van der Waals surface area (Å²) in [4.78, 5) is 6.58. The minimum Gasteiger partial charge on any atom is -0.312 e. The predicted octanol–water partition coefficient (Wildman–Crippen LogP) is 1.67. The Kier molecular flexibility index (Phi) is 3.62. The van der Waals surface area contributed by atoms with Gasteiger partial charge in [0.1, 0.15) is 0 Å². The van der Waals surface area contributed by atoms with Crippen LogP contribution in [0.3, 0.4) is 0 Å². The van der Waals surface area contributed by atoms with E-state index in [-0.39, 0.29) is 0 Å². The van der Waals surface area contributed by atoms with Gasteiger partial charge in [-0.1, -0.05) is 12.1 Å². The van der Waals surface area contributed by atoms with Crippen LogP contribution >= 0.6 is 0 Å². The minimum atomic E-state index is 0.596. The SMILES string of the molecule is C[C@H]1CN(Cc2ccc(-n3ccnc3)cc2)CCN1. The molecule has 4 nitrogen and oxygen atoms in total. The Labute approximate surface area is 114 Å². The number of hydrogen-bond donors (Lipinski definition) is 1. The average molecular weight is 256 g/mol. The van der Waals surface area contributed by atoms with Gasteiger partial charge in [-0.05, 0) is 24.6 Å². The Morgan fingerprint density at radius 3 is 2.84 bits per heavy atom. The van der Waals surface area contributed by atoms with Crippen molar-refractivity contribution in [1.29, 1.82) is 0 Å². The summed E-state index contributed by atoms with van der Waals surface area (Å²) >= 11 is 0. The Morgan fingerprint density at radius 1 is 1.32 bits per heavy atom. The lowest BCUT2D eigenvalue weighted by Gasteiger charge is -2.31. The van der Waals surface area contributed by atoms with E-state index in [0.29, 0.717) is 6.04 Å². The second-order valence-corrected chi connectivity index (χ2v) is 5.23. The highest BCUT2D eigenvalue weighted by Gasteiger charge is 2.15. The van der Waals surface area contributed by atoms with Gasteiger partial charge in [0.15, 0.2) is 0 Å². The van der Waals surface area contributed by atoms with Crippen LogP contribution in [0.4, 0.5) is 0 Å². The molecule has 0 spiro atoms. The van der Waals surface area contributed by atoms with E-state index in [1.807, 2.05) is 17.1 Å². The lowest BCUT2D eigenvalue weighted by Crippen LogP contribution is -2.48. The van der Waals surface area contributed by atoms with Crippen LogP contribution in [0.25, 0.3) is 5.69 Å². The second kappa shape index (κ2) is 5.55. The lowest BCUT2D eigenvalue weighted by atomic mass is 10.1. The molecule has 1 aliphatic rings. The van der Waals surface area contributed by atoms with Crippen LogP contribution in [0.2, 0.25) is 0 Å². The normalized spacial score (nSPS) is 20.6. The molecule has 1 N–H and O–H groups in total. The van der Waals surface area contributed by atoms with E-state index >= 15 is 0 Å². The van der Waals surface area contributed by atoms with Gasteiger partial charge < -0.3 is 9.88 Å². The molecule has 19 heavy (non-hydrogen) atoms. The summed E-state index contributed by atoms with van der Waals surface area (Å²) < 4.78 is 2.02. The molecule has 100 valence electrons. The molecule has 2 heterocycles. The maximum atomic E-state index is 4.07. The molecule has 1 aromatic heterocycles. The zero-order chi connectivity index (χ0) is 13.1. The number of nitrogens with one attached hydrogen (secondary N) is 1. The first-order valence-electron chi connectivity index (χ1n) is 6.84. The largest absolute Gasteiger partial charge is 0.312 e. The molecular weight excluding hydrogens is 236 g/mol. The molecule has 1 saturated heterocycles. The molecule has 4 heteroatoms. The number of benzene rings is 1. The van der Waals surface area contributed by atoms with Gasteiger partial charge in [-0.2, -0.15) is 0 Å². The van der Waals surface area contributed by atoms with Crippen molar-refractivity contribution in [2.75, 3.05) is 19.6 Å². The number of aromatic nitrogens is 2. The molecule has 0 saturated carbocycles. The Morgan fingerprint density at radius 2 is 2.16 bits per heavy atom. The van der Waals surface area contributed by atoms with E-state index < -0.39 is 0 Å². The van der Waals surface area contributed by atoms with E-state index in [9.17, 15) is 0 Å². The third kappa shape index (κ3) is 3.03. The molecular formula is C15H20N4. The summed E-state index contributed by atoms with van der Waals surface area (Å²) in [6.45, 7) is 6.63. The van der Waals surface area contributed by atoms with Gasteiger partial charge >= 0.3 is 0 Å². The van der Waals surface area contributed by atoms with Crippen LogP contribution in [-0.4, -0.2) is 40.1 Å². The van der Waals surface area contributed by atoms with E-state index in [1.54, 1.807) is 6.20 Å². The molecule has 1 fully saturated rings. The minimum absolute atomic E-state index is 0.596. The van der Waals surface area contributed by atoms with Gasteiger partial charge in [-0.3, -0.25) is 4.90 Å². The molecule has 0 amide bonds. The molecule has 3 rings (SSSR count). The molecule has 1 atom stereocenters. The third-order valence-electron chi connectivity index (χ3n) is 3.60. The molecule has 1 aliphatic heterocycles. The number of nitrogens with zero attached hydrogens (tertiary/aromatic N) is 3. The van der Waals surface area contributed by atoms with Crippen LogP contribution in [0, 0.1) is 0 Å². The van der Waals surface area contributed by atoms with Gasteiger partial charge in [0.25, 0.3) is 0 Å². The average Bonchev–Trinajstić information content (AvgIpc) is 2.94.